The normalized spacial score (nSPS) is 14.1. The maximum Gasteiger partial charge on any atom is 0.266 e. The molecule has 2 amide bonds. The SMILES string of the molecule is O=C1c2ccccc2C(=O)N1c1ccc2csnc2c1. The lowest BCUT2D eigenvalue weighted by Crippen LogP contribution is -2.29. The number of hydrogen-bond donors (Lipinski definition) is 0. The number of imide groups is 1. The summed E-state index contributed by atoms with van der Waals surface area (Å²) in [4.78, 5) is 26.0. The summed E-state index contributed by atoms with van der Waals surface area (Å²) in [5, 5.41) is 2.94. The zero-order valence-corrected chi connectivity index (χ0v) is 11.1. The summed E-state index contributed by atoms with van der Waals surface area (Å²) >= 11 is 1.35. The molecular formula is C15H8N2O2S. The zero-order valence-electron chi connectivity index (χ0n) is 10.2. The van der Waals surface area contributed by atoms with Crippen molar-refractivity contribution in [1.82, 2.24) is 4.37 Å². The molecule has 96 valence electrons. The summed E-state index contributed by atoms with van der Waals surface area (Å²) in [5.74, 6) is -0.555. The van der Waals surface area contributed by atoms with Gasteiger partial charge in [0.15, 0.2) is 0 Å². The fraction of sp³-hybridized carbons (Fsp3) is 0. The van der Waals surface area contributed by atoms with Crippen molar-refractivity contribution in [2.24, 2.45) is 0 Å². The van der Waals surface area contributed by atoms with Gasteiger partial charge < -0.3 is 0 Å². The van der Waals surface area contributed by atoms with E-state index in [4.69, 9.17) is 0 Å². The van der Waals surface area contributed by atoms with Crippen LogP contribution in [0.25, 0.3) is 10.9 Å². The van der Waals surface area contributed by atoms with E-state index < -0.39 is 0 Å². The Balaban J connectivity index is 1.87. The maximum atomic E-state index is 12.4. The predicted octanol–water partition coefficient (Wildman–Crippen LogP) is 3.10. The minimum Gasteiger partial charge on any atom is -0.268 e. The number of carbonyl (C=O) groups excluding carboxylic acids is 2. The Morgan fingerprint density at radius 1 is 0.950 bits per heavy atom. The molecule has 2 heterocycles. The molecule has 3 aromatic rings. The third-order valence-electron chi connectivity index (χ3n) is 3.40. The van der Waals surface area contributed by atoms with Crippen molar-refractivity contribution < 1.29 is 9.59 Å². The van der Waals surface area contributed by atoms with Gasteiger partial charge in [-0.1, -0.05) is 12.1 Å². The van der Waals surface area contributed by atoms with Gasteiger partial charge in [0.25, 0.3) is 11.8 Å². The molecule has 1 aliphatic heterocycles. The quantitative estimate of drug-likeness (QED) is 0.644. The molecule has 5 heteroatoms. The van der Waals surface area contributed by atoms with Crippen LogP contribution in [0.2, 0.25) is 0 Å². The van der Waals surface area contributed by atoms with E-state index >= 15 is 0 Å². The molecular weight excluding hydrogens is 272 g/mol. The Morgan fingerprint density at radius 3 is 2.35 bits per heavy atom. The van der Waals surface area contributed by atoms with Crippen LogP contribution in [0.3, 0.4) is 0 Å². The summed E-state index contributed by atoms with van der Waals surface area (Å²) in [6.07, 6.45) is 0. The van der Waals surface area contributed by atoms with Crippen LogP contribution in [-0.2, 0) is 0 Å². The summed E-state index contributed by atoms with van der Waals surface area (Å²) in [7, 11) is 0. The van der Waals surface area contributed by atoms with Gasteiger partial charge in [-0.25, -0.2) is 4.90 Å². The van der Waals surface area contributed by atoms with Crippen molar-refractivity contribution >= 4 is 39.9 Å². The monoisotopic (exact) mass is 280 g/mol. The number of rotatable bonds is 1. The van der Waals surface area contributed by atoms with Crippen molar-refractivity contribution in [2.75, 3.05) is 4.90 Å². The Morgan fingerprint density at radius 2 is 1.65 bits per heavy atom. The fourth-order valence-electron chi connectivity index (χ4n) is 2.41. The van der Waals surface area contributed by atoms with Crippen molar-refractivity contribution in [2.45, 2.75) is 0 Å². The third kappa shape index (κ3) is 1.44. The molecule has 2 aromatic carbocycles. The molecule has 0 saturated heterocycles. The van der Waals surface area contributed by atoms with E-state index in [0.717, 1.165) is 10.9 Å². The lowest BCUT2D eigenvalue weighted by Gasteiger charge is -2.13. The maximum absolute atomic E-state index is 12.4. The molecule has 4 nitrogen and oxygen atoms in total. The lowest BCUT2D eigenvalue weighted by molar-refractivity contribution is 0.0926. The van der Waals surface area contributed by atoms with Crippen LogP contribution in [0.4, 0.5) is 5.69 Å². The highest BCUT2D eigenvalue weighted by molar-refractivity contribution is 7.04. The number of aromatic nitrogens is 1. The van der Waals surface area contributed by atoms with Gasteiger partial charge in [-0.3, -0.25) is 9.59 Å². The van der Waals surface area contributed by atoms with Crippen LogP contribution in [0.15, 0.2) is 47.8 Å². The molecule has 4 rings (SSSR count). The molecule has 0 aliphatic carbocycles. The number of benzene rings is 2. The first-order chi connectivity index (χ1) is 9.75. The molecule has 20 heavy (non-hydrogen) atoms. The van der Waals surface area contributed by atoms with E-state index in [9.17, 15) is 9.59 Å². The molecule has 0 spiro atoms. The highest BCUT2D eigenvalue weighted by Gasteiger charge is 2.36. The number of fused-ring (bicyclic) bond motifs is 2. The molecule has 0 radical (unpaired) electrons. The number of hydrogen-bond acceptors (Lipinski definition) is 4. The van der Waals surface area contributed by atoms with E-state index in [-0.39, 0.29) is 11.8 Å². The van der Waals surface area contributed by atoms with Gasteiger partial charge in [0.1, 0.15) is 0 Å². The Bertz CT molecular complexity index is 834. The second-order valence-electron chi connectivity index (χ2n) is 4.55. The van der Waals surface area contributed by atoms with E-state index in [1.807, 2.05) is 11.4 Å². The Hall–Kier alpha value is -2.53. The predicted molar refractivity (Wildman–Crippen MR) is 77.2 cm³/mol. The molecule has 1 aliphatic rings. The summed E-state index contributed by atoms with van der Waals surface area (Å²) in [5.41, 5.74) is 2.27. The minimum absolute atomic E-state index is 0.278. The van der Waals surface area contributed by atoms with E-state index in [1.165, 1.54) is 16.4 Å². The average Bonchev–Trinajstić information content (AvgIpc) is 3.03. The fourth-order valence-corrected chi connectivity index (χ4v) is 3.05. The second kappa shape index (κ2) is 3.98. The number of anilines is 1. The molecule has 0 saturated carbocycles. The molecule has 1 aromatic heterocycles. The van der Waals surface area contributed by atoms with Gasteiger partial charge >= 0.3 is 0 Å². The standard InChI is InChI=1S/C15H8N2O2S/c18-14-11-3-1-2-4-12(11)15(19)17(14)10-6-5-9-8-20-16-13(9)7-10/h1-8H. The van der Waals surface area contributed by atoms with Crippen molar-refractivity contribution in [3.05, 3.63) is 59.0 Å². The topological polar surface area (TPSA) is 50.3 Å². The lowest BCUT2D eigenvalue weighted by atomic mass is 10.1. The van der Waals surface area contributed by atoms with Gasteiger partial charge in [0, 0.05) is 10.8 Å². The van der Waals surface area contributed by atoms with E-state index in [2.05, 4.69) is 4.37 Å². The highest BCUT2D eigenvalue weighted by atomic mass is 32.1. The van der Waals surface area contributed by atoms with Gasteiger partial charge in [-0.15, -0.1) is 0 Å². The first-order valence-corrected chi connectivity index (χ1v) is 6.91. The molecule has 0 bridgehead atoms. The molecule has 0 fully saturated rings. The molecule has 0 N–H and O–H groups in total. The Labute approximate surface area is 118 Å². The minimum atomic E-state index is -0.278. The van der Waals surface area contributed by atoms with Gasteiger partial charge in [0.2, 0.25) is 0 Å². The van der Waals surface area contributed by atoms with Crippen molar-refractivity contribution in [1.29, 1.82) is 0 Å². The van der Waals surface area contributed by atoms with Crippen LogP contribution < -0.4 is 4.90 Å². The van der Waals surface area contributed by atoms with Crippen LogP contribution in [0, 0.1) is 0 Å². The smallest absolute Gasteiger partial charge is 0.266 e. The average molecular weight is 280 g/mol. The Kier molecular flexibility index (Phi) is 2.25. The van der Waals surface area contributed by atoms with Crippen LogP contribution >= 0.6 is 11.5 Å². The highest BCUT2D eigenvalue weighted by Crippen LogP contribution is 2.30. The van der Waals surface area contributed by atoms with Gasteiger partial charge in [-0.05, 0) is 41.9 Å². The van der Waals surface area contributed by atoms with E-state index in [0.29, 0.717) is 16.8 Å². The van der Waals surface area contributed by atoms with E-state index in [1.54, 1.807) is 36.4 Å². The molecule has 0 unspecified atom stereocenters. The van der Waals surface area contributed by atoms with Gasteiger partial charge in [-0.2, -0.15) is 4.37 Å². The summed E-state index contributed by atoms with van der Waals surface area (Å²) in [6, 6.07) is 12.3. The third-order valence-corrected chi connectivity index (χ3v) is 4.06. The first-order valence-electron chi connectivity index (χ1n) is 6.08. The number of nitrogens with zero attached hydrogens (tertiary/aromatic N) is 2. The summed E-state index contributed by atoms with van der Waals surface area (Å²) < 4.78 is 4.24. The first kappa shape index (κ1) is 11.3. The number of carbonyl (C=O) groups is 2. The van der Waals surface area contributed by atoms with Crippen LogP contribution in [0.5, 0.6) is 0 Å². The van der Waals surface area contributed by atoms with Crippen molar-refractivity contribution in [3.8, 4) is 0 Å². The second-order valence-corrected chi connectivity index (χ2v) is 5.18. The van der Waals surface area contributed by atoms with Crippen LogP contribution in [-0.4, -0.2) is 16.2 Å². The molecule has 0 atom stereocenters. The summed E-state index contributed by atoms with van der Waals surface area (Å²) in [6.45, 7) is 0. The largest absolute Gasteiger partial charge is 0.268 e. The number of amides is 2. The van der Waals surface area contributed by atoms with Gasteiger partial charge in [0.05, 0.1) is 22.3 Å². The zero-order chi connectivity index (χ0) is 13.7. The van der Waals surface area contributed by atoms with Crippen molar-refractivity contribution in [3.63, 3.8) is 0 Å². The van der Waals surface area contributed by atoms with Crippen LogP contribution in [0.1, 0.15) is 20.7 Å².